The summed E-state index contributed by atoms with van der Waals surface area (Å²) in [6.45, 7) is -0.130. The van der Waals surface area contributed by atoms with E-state index >= 15 is 0 Å². The first-order chi connectivity index (χ1) is 11.3. The molecule has 2 aromatic heterocycles. The number of rotatable bonds is 5. The number of aromatic amines is 1. The Bertz CT molecular complexity index is 807. The zero-order chi connectivity index (χ0) is 16.1. The van der Waals surface area contributed by atoms with E-state index in [0.29, 0.717) is 5.71 Å². The van der Waals surface area contributed by atoms with Gasteiger partial charge in [-0.2, -0.15) is 0 Å². The normalized spacial score (nSPS) is 11.4. The predicted octanol–water partition coefficient (Wildman–Crippen LogP) is 2.08. The molecule has 3 rings (SSSR count). The fourth-order valence-electron chi connectivity index (χ4n) is 2.18. The number of aromatic nitrogens is 2. The van der Waals surface area contributed by atoms with E-state index in [1.807, 2.05) is 42.5 Å². The minimum Gasteiger partial charge on any atom is -0.385 e. The number of hydrogen-bond acceptors (Lipinski definition) is 4. The van der Waals surface area contributed by atoms with Gasteiger partial charge < -0.3 is 15.1 Å². The quantitative estimate of drug-likeness (QED) is 0.559. The van der Waals surface area contributed by atoms with Crippen molar-refractivity contribution in [3.05, 3.63) is 66.1 Å². The highest BCUT2D eigenvalue weighted by Gasteiger charge is 2.11. The molecule has 0 fully saturated rings. The lowest BCUT2D eigenvalue weighted by Gasteiger charge is -2.05. The van der Waals surface area contributed by atoms with Crippen molar-refractivity contribution < 1.29 is 9.63 Å². The first-order valence-electron chi connectivity index (χ1n) is 7.17. The number of fused-ring (bicyclic) bond motifs is 1. The maximum atomic E-state index is 11.3. The Morgan fingerprint density at radius 1 is 1.30 bits per heavy atom. The molecule has 6 nitrogen and oxygen atoms in total. The largest absolute Gasteiger partial charge is 0.385 e. The smallest absolute Gasteiger partial charge is 0.260 e. The Kier molecular flexibility index (Phi) is 4.33. The van der Waals surface area contributed by atoms with E-state index in [-0.39, 0.29) is 12.5 Å². The summed E-state index contributed by atoms with van der Waals surface area (Å²) in [7, 11) is 1.55. The summed E-state index contributed by atoms with van der Waals surface area (Å²) >= 11 is 0. The van der Waals surface area contributed by atoms with Crippen molar-refractivity contribution in [3.8, 4) is 0 Å². The van der Waals surface area contributed by atoms with Gasteiger partial charge in [0.1, 0.15) is 5.71 Å². The van der Waals surface area contributed by atoms with Crippen molar-refractivity contribution in [2.75, 3.05) is 13.7 Å². The molecule has 0 saturated carbocycles. The average molecular weight is 308 g/mol. The topological polar surface area (TPSA) is 79.4 Å². The summed E-state index contributed by atoms with van der Waals surface area (Å²) < 4.78 is 0. The standard InChI is InChI=1S/C17H16N4O2/c1-18-16(22)11-23-21-17(12-5-3-2-4-6-12)14-9-13-7-8-19-10-15(13)20-14/h2-10,20H,11H2,1H3,(H,18,22)/b21-17+. The van der Waals surface area contributed by atoms with Crippen LogP contribution in [0.2, 0.25) is 0 Å². The van der Waals surface area contributed by atoms with Gasteiger partial charge in [0.25, 0.3) is 5.91 Å². The van der Waals surface area contributed by atoms with Gasteiger partial charge in [0.05, 0.1) is 17.4 Å². The third-order valence-electron chi connectivity index (χ3n) is 3.36. The number of nitrogens with zero attached hydrogens (tertiary/aromatic N) is 2. The van der Waals surface area contributed by atoms with Crippen LogP contribution in [0.5, 0.6) is 0 Å². The molecule has 0 unspecified atom stereocenters. The first-order valence-corrected chi connectivity index (χ1v) is 7.17. The molecule has 0 radical (unpaired) electrons. The third kappa shape index (κ3) is 3.37. The first kappa shape index (κ1) is 14.8. The number of oxime groups is 1. The molecule has 23 heavy (non-hydrogen) atoms. The Labute approximate surface area is 133 Å². The highest BCUT2D eigenvalue weighted by molar-refractivity contribution is 6.13. The van der Waals surface area contributed by atoms with Crippen LogP contribution < -0.4 is 5.32 Å². The number of carbonyl (C=O) groups excluding carboxylic acids is 1. The molecule has 116 valence electrons. The summed E-state index contributed by atoms with van der Waals surface area (Å²) in [5.41, 5.74) is 3.24. The molecule has 1 aromatic carbocycles. The van der Waals surface area contributed by atoms with Crippen molar-refractivity contribution >= 4 is 22.5 Å². The van der Waals surface area contributed by atoms with E-state index in [9.17, 15) is 4.79 Å². The van der Waals surface area contributed by atoms with Crippen LogP contribution in [0.15, 0.2) is 60.0 Å². The van der Waals surface area contributed by atoms with Gasteiger partial charge in [-0.3, -0.25) is 9.78 Å². The van der Waals surface area contributed by atoms with Gasteiger partial charge in [0, 0.05) is 24.2 Å². The zero-order valence-corrected chi connectivity index (χ0v) is 12.6. The lowest BCUT2D eigenvalue weighted by Crippen LogP contribution is -2.22. The summed E-state index contributed by atoms with van der Waals surface area (Å²) in [5.74, 6) is -0.234. The van der Waals surface area contributed by atoms with Crippen molar-refractivity contribution in [2.24, 2.45) is 5.16 Å². The highest BCUT2D eigenvalue weighted by atomic mass is 16.6. The number of carbonyl (C=O) groups is 1. The molecule has 1 amide bonds. The van der Waals surface area contributed by atoms with Crippen molar-refractivity contribution in [1.29, 1.82) is 0 Å². The van der Waals surface area contributed by atoms with Crippen LogP contribution in [0.25, 0.3) is 10.9 Å². The summed E-state index contributed by atoms with van der Waals surface area (Å²) in [6.07, 6.45) is 3.49. The fourth-order valence-corrected chi connectivity index (χ4v) is 2.18. The van der Waals surface area contributed by atoms with E-state index in [1.165, 1.54) is 0 Å². The zero-order valence-electron chi connectivity index (χ0n) is 12.6. The molecule has 2 heterocycles. The predicted molar refractivity (Wildman–Crippen MR) is 88.2 cm³/mol. The van der Waals surface area contributed by atoms with Gasteiger partial charge in [-0.15, -0.1) is 0 Å². The second kappa shape index (κ2) is 6.74. The molecule has 0 saturated heterocycles. The lowest BCUT2D eigenvalue weighted by molar-refractivity contribution is -0.125. The second-order valence-electron chi connectivity index (χ2n) is 4.90. The van der Waals surface area contributed by atoms with Crippen molar-refractivity contribution in [3.63, 3.8) is 0 Å². The molecule has 6 heteroatoms. The number of amides is 1. The molecule has 0 atom stereocenters. The number of nitrogens with one attached hydrogen (secondary N) is 2. The summed E-state index contributed by atoms with van der Waals surface area (Å²) in [6, 6.07) is 13.6. The van der Waals surface area contributed by atoms with E-state index < -0.39 is 0 Å². The molecule has 3 aromatic rings. The summed E-state index contributed by atoms with van der Waals surface area (Å²) in [5, 5.41) is 7.67. The van der Waals surface area contributed by atoms with Crippen LogP contribution in [0.1, 0.15) is 11.3 Å². The fraction of sp³-hybridized carbons (Fsp3) is 0.118. The molecule has 0 aliphatic rings. The second-order valence-corrected chi connectivity index (χ2v) is 4.90. The van der Waals surface area contributed by atoms with E-state index in [1.54, 1.807) is 19.4 Å². The minimum atomic E-state index is -0.234. The molecule has 0 aliphatic carbocycles. The Morgan fingerprint density at radius 3 is 2.87 bits per heavy atom. The van der Waals surface area contributed by atoms with Crippen LogP contribution in [0, 0.1) is 0 Å². The van der Waals surface area contributed by atoms with E-state index in [2.05, 4.69) is 20.4 Å². The van der Waals surface area contributed by atoms with Crippen LogP contribution in [-0.4, -0.2) is 35.2 Å². The molecular weight excluding hydrogens is 292 g/mol. The molecular formula is C17H16N4O2. The van der Waals surface area contributed by atoms with Gasteiger partial charge in [0.15, 0.2) is 6.61 Å². The third-order valence-corrected chi connectivity index (χ3v) is 3.36. The Balaban J connectivity index is 1.97. The molecule has 0 spiro atoms. The molecule has 0 bridgehead atoms. The van der Waals surface area contributed by atoms with Gasteiger partial charge in [-0.25, -0.2) is 0 Å². The van der Waals surface area contributed by atoms with Gasteiger partial charge >= 0.3 is 0 Å². The van der Waals surface area contributed by atoms with Crippen LogP contribution in [0.4, 0.5) is 0 Å². The summed E-state index contributed by atoms with van der Waals surface area (Å²) in [4.78, 5) is 23.9. The number of hydrogen-bond donors (Lipinski definition) is 2. The Morgan fingerprint density at radius 2 is 2.13 bits per heavy atom. The van der Waals surface area contributed by atoms with Crippen molar-refractivity contribution in [1.82, 2.24) is 15.3 Å². The number of benzene rings is 1. The van der Waals surface area contributed by atoms with Crippen LogP contribution in [-0.2, 0) is 9.63 Å². The lowest BCUT2D eigenvalue weighted by atomic mass is 10.1. The maximum absolute atomic E-state index is 11.3. The number of pyridine rings is 1. The average Bonchev–Trinajstić information content (AvgIpc) is 3.02. The number of likely N-dealkylation sites (N-methyl/N-ethyl adjacent to an activating group) is 1. The Hall–Kier alpha value is -3.15. The monoisotopic (exact) mass is 308 g/mol. The SMILES string of the molecule is CNC(=O)CO/N=C(\c1ccccc1)c1cc2ccncc2[nH]1. The highest BCUT2D eigenvalue weighted by Crippen LogP contribution is 2.17. The van der Waals surface area contributed by atoms with Gasteiger partial charge in [-0.05, 0) is 12.1 Å². The van der Waals surface area contributed by atoms with E-state index in [0.717, 1.165) is 22.2 Å². The van der Waals surface area contributed by atoms with Crippen LogP contribution in [0.3, 0.4) is 0 Å². The minimum absolute atomic E-state index is 0.130. The van der Waals surface area contributed by atoms with Crippen molar-refractivity contribution in [2.45, 2.75) is 0 Å². The number of H-pyrrole nitrogens is 1. The molecule has 0 aliphatic heterocycles. The van der Waals surface area contributed by atoms with Crippen LogP contribution >= 0.6 is 0 Å². The van der Waals surface area contributed by atoms with Gasteiger partial charge in [-0.1, -0.05) is 35.5 Å². The van der Waals surface area contributed by atoms with Gasteiger partial charge in [0.2, 0.25) is 0 Å². The van der Waals surface area contributed by atoms with E-state index in [4.69, 9.17) is 4.84 Å². The maximum Gasteiger partial charge on any atom is 0.260 e. The molecule has 2 N–H and O–H groups in total.